The first-order chi connectivity index (χ1) is 10.1. The maximum atomic E-state index is 8.64. The molecule has 0 aliphatic carbocycles. The predicted octanol–water partition coefficient (Wildman–Crippen LogP) is 3.06. The topological polar surface area (TPSA) is 79.9 Å². The molecule has 0 unspecified atom stereocenters. The Hall–Kier alpha value is -2.40. The third kappa shape index (κ3) is 3.79. The van der Waals surface area contributed by atoms with Gasteiger partial charge in [-0.05, 0) is 35.9 Å². The lowest BCUT2D eigenvalue weighted by atomic mass is 10.1. The highest BCUT2D eigenvalue weighted by Gasteiger charge is 2.05. The van der Waals surface area contributed by atoms with Crippen LogP contribution in [0.4, 0.5) is 5.69 Å². The van der Waals surface area contributed by atoms with Gasteiger partial charge in [0, 0.05) is 22.8 Å². The molecule has 0 radical (unpaired) electrons. The highest BCUT2D eigenvalue weighted by atomic mass is 35.5. The summed E-state index contributed by atoms with van der Waals surface area (Å²) in [6.07, 6.45) is 0. The number of oxime groups is 1. The number of hydrogen-bond donors (Lipinski definition) is 3. The van der Waals surface area contributed by atoms with Crippen molar-refractivity contribution in [2.24, 2.45) is 10.9 Å². The van der Waals surface area contributed by atoms with Crippen molar-refractivity contribution < 1.29 is 9.94 Å². The molecular formula is C15H16ClN3O2. The molecule has 0 spiro atoms. The molecule has 0 heterocycles. The highest BCUT2D eigenvalue weighted by molar-refractivity contribution is 6.31. The molecule has 110 valence electrons. The number of ether oxygens (including phenoxy) is 1. The van der Waals surface area contributed by atoms with Gasteiger partial charge < -0.3 is 21.0 Å². The van der Waals surface area contributed by atoms with Gasteiger partial charge in [0.1, 0.15) is 5.75 Å². The summed E-state index contributed by atoms with van der Waals surface area (Å²) in [4.78, 5) is 0. The molecule has 0 saturated heterocycles. The number of rotatable bonds is 5. The van der Waals surface area contributed by atoms with E-state index < -0.39 is 0 Å². The molecule has 21 heavy (non-hydrogen) atoms. The van der Waals surface area contributed by atoms with Crippen LogP contribution in [0.2, 0.25) is 5.02 Å². The Balaban J connectivity index is 2.05. The lowest BCUT2D eigenvalue weighted by Crippen LogP contribution is -2.13. The summed E-state index contributed by atoms with van der Waals surface area (Å²) in [5.74, 6) is 0.841. The molecule has 0 aliphatic rings. The zero-order chi connectivity index (χ0) is 15.2. The molecule has 6 heteroatoms. The third-order valence-corrected chi connectivity index (χ3v) is 3.38. The van der Waals surface area contributed by atoms with E-state index in [1.807, 2.05) is 30.3 Å². The van der Waals surface area contributed by atoms with Crippen LogP contribution >= 0.6 is 11.6 Å². The van der Waals surface area contributed by atoms with Crippen molar-refractivity contribution >= 4 is 23.1 Å². The molecule has 0 fully saturated rings. The second-order valence-electron chi connectivity index (χ2n) is 4.37. The van der Waals surface area contributed by atoms with Gasteiger partial charge >= 0.3 is 0 Å². The molecule has 4 N–H and O–H groups in total. The molecule has 2 aromatic rings. The molecule has 0 amide bonds. The summed E-state index contributed by atoms with van der Waals surface area (Å²) in [7, 11) is 1.63. The van der Waals surface area contributed by atoms with E-state index in [-0.39, 0.29) is 5.84 Å². The van der Waals surface area contributed by atoms with E-state index >= 15 is 0 Å². The molecule has 2 rings (SSSR count). The number of anilines is 1. The van der Waals surface area contributed by atoms with Crippen LogP contribution in [-0.4, -0.2) is 18.2 Å². The number of nitrogens with two attached hydrogens (primary N) is 1. The van der Waals surface area contributed by atoms with Crippen LogP contribution in [0.3, 0.4) is 0 Å². The Kier molecular flexibility index (Phi) is 4.90. The summed E-state index contributed by atoms with van der Waals surface area (Å²) in [5.41, 5.74) is 7.98. The second kappa shape index (κ2) is 6.85. The number of benzene rings is 2. The summed E-state index contributed by atoms with van der Waals surface area (Å²) >= 11 is 6.19. The van der Waals surface area contributed by atoms with E-state index in [0.29, 0.717) is 17.1 Å². The van der Waals surface area contributed by atoms with Crippen molar-refractivity contribution in [3.05, 3.63) is 58.6 Å². The quantitative estimate of drug-likeness (QED) is 0.343. The standard InChI is InChI=1S/C15H16ClN3O2/c1-21-13-6-4-12(5-7-13)18-9-11-3-2-10(8-14(11)16)15(17)19-20/h2-8,18,20H,9H2,1H3,(H2,17,19). The van der Waals surface area contributed by atoms with Crippen molar-refractivity contribution in [1.82, 2.24) is 0 Å². The summed E-state index contributed by atoms with van der Waals surface area (Å²) < 4.78 is 5.10. The van der Waals surface area contributed by atoms with E-state index in [2.05, 4.69) is 10.5 Å². The Morgan fingerprint density at radius 1 is 1.29 bits per heavy atom. The van der Waals surface area contributed by atoms with Gasteiger partial charge in [-0.25, -0.2) is 0 Å². The van der Waals surface area contributed by atoms with Crippen molar-refractivity contribution in [2.45, 2.75) is 6.54 Å². The van der Waals surface area contributed by atoms with Crippen LogP contribution in [0.1, 0.15) is 11.1 Å². The molecule has 0 aliphatic heterocycles. The van der Waals surface area contributed by atoms with Crippen LogP contribution in [-0.2, 0) is 6.54 Å². The Bertz CT molecular complexity index is 642. The molecule has 0 bridgehead atoms. The first kappa shape index (κ1) is 15.0. The van der Waals surface area contributed by atoms with Crippen LogP contribution < -0.4 is 15.8 Å². The van der Waals surface area contributed by atoms with Crippen LogP contribution in [0.25, 0.3) is 0 Å². The fourth-order valence-corrected chi connectivity index (χ4v) is 2.06. The molecule has 0 saturated carbocycles. The minimum Gasteiger partial charge on any atom is -0.497 e. The Morgan fingerprint density at radius 3 is 2.57 bits per heavy atom. The monoisotopic (exact) mass is 305 g/mol. The van der Waals surface area contributed by atoms with E-state index in [9.17, 15) is 0 Å². The van der Waals surface area contributed by atoms with Crippen molar-refractivity contribution in [1.29, 1.82) is 0 Å². The van der Waals surface area contributed by atoms with Gasteiger partial charge in [-0.1, -0.05) is 28.9 Å². The predicted molar refractivity (Wildman–Crippen MR) is 84.3 cm³/mol. The minimum atomic E-state index is 0.0339. The van der Waals surface area contributed by atoms with Gasteiger partial charge in [0.15, 0.2) is 5.84 Å². The van der Waals surface area contributed by atoms with Crippen LogP contribution in [0.5, 0.6) is 5.75 Å². The summed E-state index contributed by atoms with van der Waals surface area (Å²) in [6.45, 7) is 0.571. The smallest absolute Gasteiger partial charge is 0.170 e. The average molecular weight is 306 g/mol. The fourth-order valence-electron chi connectivity index (χ4n) is 1.81. The zero-order valence-corrected chi connectivity index (χ0v) is 12.3. The maximum Gasteiger partial charge on any atom is 0.170 e. The highest BCUT2D eigenvalue weighted by Crippen LogP contribution is 2.20. The SMILES string of the molecule is COc1ccc(NCc2ccc(/C(N)=N/O)cc2Cl)cc1. The normalized spacial score (nSPS) is 11.2. The largest absolute Gasteiger partial charge is 0.497 e. The van der Waals surface area contributed by atoms with E-state index in [1.54, 1.807) is 19.2 Å². The van der Waals surface area contributed by atoms with Crippen molar-refractivity contribution in [3.63, 3.8) is 0 Å². The number of halogens is 1. The Morgan fingerprint density at radius 2 is 2.00 bits per heavy atom. The number of nitrogens with one attached hydrogen (secondary N) is 1. The molecular weight excluding hydrogens is 290 g/mol. The number of nitrogens with zero attached hydrogens (tertiary/aromatic N) is 1. The molecule has 5 nitrogen and oxygen atoms in total. The van der Waals surface area contributed by atoms with Crippen LogP contribution in [0.15, 0.2) is 47.6 Å². The lowest BCUT2D eigenvalue weighted by Gasteiger charge is -2.10. The first-order valence-electron chi connectivity index (χ1n) is 6.28. The Labute approximate surface area is 128 Å². The lowest BCUT2D eigenvalue weighted by molar-refractivity contribution is 0.318. The van der Waals surface area contributed by atoms with E-state index in [0.717, 1.165) is 17.0 Å². The van der Waals surface area contributed by atoms with Crippen LogP contribution in [0, 0.1) is 0 Å². The van der Waals surface area contributed by atoms with Crippen molar-refractivity contribution in [2.75, 3.05) is 12.4 Å². The summed E-state index contributed by atoms with van der Waals surface area (Å²) in [5, 5.41) is 15.4. The number of hydrogen-bond acceptors (Lipinski definition) is 4. The number of methoxy groups -OCH3 is 1. The van der Waals surface area contributed by atoms with Gasteiger partial charge in [0.25, 0.3) is 0 Å². The fraction of sp³-hybridized carbons (Fsp3) is 0.133. The van der Waals surface area contributed by atoms with Gasteiger partial charge in [0.05, 0.1) is 7.11 Å². The third-order valence-electron chi connectivity index (χ3n) is 3.03. The van der Waals surface area contributed by atoms with Gasteiger partial charge in [-0.3, -0.25) is 0 Å². The van der Waals surface area contributed by atoms with E-state index in [4.69, 9.17) is 27.3 Å². The zero-order valence-electron chi connectivity index (χ0n) is 11.5. The first-order valence-corrected chi connectivity index (χ1v) is 6.66. The average Bonchev–Trinajstić information content (AvgIpc) is 2.53. The van der Waals surface area contributed by atoms with Gasteiger partial charge in [0.2, 0.25) is 0 Å². The van der Waals surface area contributed by atoms with E-state index in [1.165, 1.54) is 0 Å². The molecule has 0 aromatic heterocycles. The van der Waals surface area contributed by atoms with Crippen molar-refractivity contribution in [3.8, 4) is 5.75 Å². The molecule has 2 aromatic carbocycles. The van der Waals surface area contributed by atoms with Gasteiger partial charge in [-0.2, -0.15) is 0 Å². The second-order valence-corrected chi connectivity index (χ2v) is 4.78. The number of amidine groups is 1. The summed E-state index contributed by atoms with van der Waals surface area (Å²) in [6, 6.07) is 12.9. The molecule has 0 atom stereocenters. The minimum absolute atomic E-state index is 0.0339. The van der Waals surface area contributed by atoms with Gasteiger partial charge in [-0.15, -0.1) is 0 Å². The maximum absolute atomic E-state index is 8.64.